The normalized spacial score (nSPS) is 28.0. The first-order chi connectivity index (χ1) is 15.7. The van der Waals surface area contributed by atoms with Crippen LogP contribution in [0.3, 0.4) is 0 Å². The summed E-state index contributed by atoms with van der Waals surface area (Å²) in [5, 5.41) is 3.48. The molecule has 5 heteroatoms. The van der Waals surface area contributed by atoms with E-state index in [0.29, 0.717) is 6.42 Å². The molecule has 3 aliphatic heterocycles. The zero-order chi connectivity index (χ0) is 21.8. The Labute approximate surface area is 192 Å². The molecule has 5 rings (SSSR count). The first-order valence-corrected chi connectivity index (χ1v) is 12.4. The van der Waals surface area contributed by atoms with Crippen LogP contribution in [0.2, 0.25) is 0 Å². The molecule has 4 heterocycles. The van der Waals surface area contributed by atoms with Crippen LogP contribution in [0.25, 0.3) is 0 Å². The lowest BCUT2D eigenvalue weighted by molar-refractivity contribution is -0.122. The molecule has 2 atom stereocenters. The zero-order valence-electron chi connectivity index (χ0n) is 19.1. The summed E-state index contributed by atoms with van der Waals surface area (Å²) in [6.07, 6.45) is 8.26. The molecule has 32 heavy (non-hydrogen) atoms. The van der Waals surface area contributed by atoms with Gasteiger partial charge in [-0.3, -0.25) is 19.6 Å². The second kappa shape index (κ2) is 9.72. The molecule has 0 unspecified atom stereocenters. The maximum atomic E-state index is 12.5. The van der Waals surface area contributed by atoms with Crippen molar-refractivity contribution in [2.75, 3.05) is 32.7 Å². The van der Waals surface area contributed by atoms with Crippen molar-refractivity contribution in [3.63, 3.8) is 0 Å². The fourth-order valence-electron chi connectivity index (χ4n) is 6.15. The lowest BCUT2D eigenvalue weighted by Gasteiger charge is -2.35. The molecule has 1 amide bonds. The lowest BCUT2D eigenvalue weighted by atomic mass is 9.81. The Hall–Kier alpha value is -2.24. The highest BCUT2D eigenvalue weighted by Gasteiger charge is 2.49. The van der Waals surface area contributed by atoms with Crippen molar-refractivity contribution in [2.45, 2.75) is 56.5 Å². The molecule has 1 aromatic heterocycles. The van der Waals surface area contributed by atoms with Crippen molar-refractivity contribution in [3.05, 3.63) is 66.0 Å². The van der Waals surface area contributed by atoms with E-state index in [-0.39, 0.29) is 17.4 Å². The summed E-state index contributed by atoms with van der Waals surface area (Å²) in [4.78, 5) is 22.5. The van der Waals surface area contributed by atoms with Crippen molar-refractivity contribution in [2.24, 2.45) is 5.92 Å². The van der Waals surface area contributed by atoms with E-state index in [0.717, 1.165) is 57.1 Å². The van der Waals surface area contributed by atoms with E-state index in [1.54, 1.807) is 0 Å². The summed E-state index contributed by atoms with van der Waals surface area (Å²) in [5.41, 5.74) is 2.39. The predicted octanol–water partition coefficient (Wildman–Crippen LogP) is 3.82. The zero-order valence-corrected chi connectivity index (χ0v) is 19.1. The number of nitrogens with zero attached hydrogens (tertiary/aromatic N) is 3. The lowest BCUT2D eigenvalue weighted by Crippen LogP contribution is -2.53. The number of nitrogens with one attached hydrogen (secondary N) is 1. The SMILES string of the molecule is O=C1CCCC[C@]2(CN(CC3CCN(Cc4ccccc4)CC3)C[C@H]2c2ccccn2)N1. The van der Waals surface area contributed by atoms with Gasteiger partial charge in [0.15, 0.2) is 0 Å². The smallest absolute Gasteiger partial charge is 0.220 e. The summed E-state index contributed by atoms with van der Waals surface area (Å²) in [5.74, 6) is 1.24. The van der Waals surface area contributed by atoms with E-state index < -0.39 is 0 Å². The van der Waals surface area contributed by atoms with Crippen LogP contribution in [0.4, 0.5) is 0 Å². The van der Waals surface area contributed by atoms with Crippen molar-refractivity contribution < 1.29 is 4.79 Å². The average Bonchev–Trinajstić information content (AvgIpc) is 3.05. The monoisotopic (exact) mass is 432 g/mol. The number of carbonyl (C=O) groups is 1. The molecule has 5 nitrogen and oxygen atoms in total. The van der Waals surface area contributed by atoms with Crippen LogP contribution in [0.15, 0.2) is 54.7 Å². The summed E-state index contributed by atoms with van der Waals surface area (Å²) in [6, 6.07) is 17.0. The number of aromatic nitrogens is 1. The number of benzene rings is 1. The number of hydrogen-bond donors (Lipinski definition) is 1. The van der Waals surface area contributed by atoms with Crippen LogP contribution >= 0.6 is 0 Å². The largest absolute Gasteiger partial charge is 0.349 e. The van der Waals surface area contributed by atoms with Gasteiger partial charge >= 0.3 is 0 Å². The molecule has 0 bridgehead atoms. The minimum Gasteiger partial charge on any atom is -0.349 e. The molecular formula is C27H36N4O. The molecule has 3 fully saturated rings. The van der Waals surface area contributed by atoms with E-state index in [9.17, 15) is 4.79 Å². The second-order valence-corrected chi connectivity index (χ2v) is 10.1. The van der Waals surface area contributed by atoms with E-state index in [2.05, 4.69) is 57.6 Å². The van der Waals surface area contributed by atoms with Crippen molar-refractivity contribution >= 4 is 5.91 Å². The molecule has 170 valence electrons. The molecule has 1 N–H and O–H groups in total. The summed E-state index contributed by atoms with van der Waals surface area (Å²) in [7, 11) is 0. The topological polar surface area (TPSA) is 48.5 Å². The van der Waals surface area contributed by atoms with Crippen LogP contribution in [0, 0.1) is 5.92 Å². The number of piperidine rings is 1. The molecule has 1 spiro atoms. The van der Waals surface area contributed by atoms with Crippen LogP contribution in [-0.2, 0) is 11.3 Å². The number of carbonyl (C=O) groups excluding carboxylic acids is 1. The summed E-state index contributed by atoms with van der Waals surface area (Å²) < 4.78 is 0. The number of amides is 1. The highest BCUT2D eigenvalue weighted by atomic mass is 16.1. The third-order valence-electron chi connectivity index (χ3n) is 7.80. The van der Waals surface area contributed by atoms with Gasteiger partial charge in [-0.2, -0.15) is 0 Å². The van der Waals surface area contributed by atoms with E-state index in [1.165, 1.54) is 31.5 Å². The van der Waals surface area contributed by atoms with Gasteiger partial charge in [0.05, 0.1) is 5.54 Å². The molecule has 0 saturated carbocycles. The molecule has 3 aliphatic rings. The Morgan fingerprint density at radius 2 is 1.81 bits per heavy atom. The quantitative estimate of drug-likeness (QED) is 0.780. The number of rotatable bonds is 5. The van der Waals surface area contributed by atoms with E-state index >= 15 is 0 Å². The van der Waals surface area contributed by atoms with Gasteiger partial charge in [0.1, 0.15) is 0 Å². The van der Waals surface area contributed by atoms with Crippen LogP contribution in [-0.4, -0.2) is 59.0 Å². The van der Waals surface area contributed by atoms with Crippen LogP contribution in [0.1, 0.15) is 55.7 Å². The van der Waals surface area contributed by atoms with Gasteiger partial charge < -0.3 is 5.32 Å². The van der Waals surface area contributed by atoms with Crippen molar-refractivity contribution in [1.29, 1.82) is 0 Å². The standard InChI is InChI=1S/C27H36N4O/c32-26-11-4-6-14-27(29-26)21-31(20-24(27)25-10-5-7-15-28-25)19-23-12-16-30(17-13-23)18-22-8-2-1-3-9-22/h1-3,5,7-10,15,23-24H,4,6,11-14,16-21H2,(H,29,32)/t24-,27+/m0/s1. The van der Waals surface area contributed by atoms with Crippen LogP contribution < -0.4 is 5.32 Å². The molecule has 2 aromatic rings. The van der Waals surface area contributed by atoms with Gasteiger partial charge in [0.25, 0.3) is 0 Å². The molecule has 1 aromatic carbocycles. The third kappa shape index (κ3) is 4.89. The highest BCUT2D eigenvalue weighted by Crippen LogP contribution is 2.40. The molecular weight excluding hydrogens is 396 g/mol. The fourth-order valence-corrected chi connectivity index (χ4v) is 6.15. The number of likely N-dealkylation sites (tertiary alicyclic amines) is 2. The fraction of sp³-hybridized carbons (Fsp3) is 0.556. The van der Waals surface area contributed by atoms with Gasteiger partial charge in [0.2, 0.25) is 5.91 Å². The number of pyridine rings is 1. The Bertz CT molecular complexity index is 881. The van der Waals surface area contributed by atoms with Gasteiger partial charge in [-0.15, -0.1) is 0 Å². The number of hydrogen-bond acceptors (Lipinski definition) is 4. The molecule has 0 aliphatic carbocycles. The Kier molecular flexibility index (Phi) is 6.56. The maximum absolute atomic E-state index is 12.5. The average molecular weight is 433 g/mol. The van der Waals surface area contributed by atoms with Crippen molar-refractivity contribution in [1.82, 2.24) is 20.1 Å². The maximum Gasteiger partial charge on any atom is 0.220 e. The van der Waals surface area contributed by atoms with E-state index in [4.69, 9.17) is 4.98 Å². The minimum atomic E-state index is -0.157. The highest BCUT2D eigenvalue weighted by molar-refractivity contribution is 5.77. The minimum absolute atomic E-state index is 0.157. The Morgan fingerprint density at radius 1 is 1.00 bits per heavy atom. The van der Waals surface area contributed by atoms with Crippen molar-refractivity contribution in [3.8, 4) is 0 Å². The van der Waals surface area contributed by atoms with Gasteiger partial charge in [-0.05, 0) is 62.4 Å². The predicted molar refractivity (Wildman–Crippen MR) is 127 cm³/mol. The summed E-state index contributed by atoms with van der Waals surface area (Å²) >= 11 is 0. The second-order valence-electron chi connectivity index (χ2n) is 10.1. The first kappa shape index (κ1) is 21.6. The van der Waals surface area contributed by atoms with Crippen LogP contribution in [0.5, 0.6) is 0 Å². The van der Waals surface area contributed by atoms with E-state index in [1.807, 2.05) is 12.3 Å². The summed E-state index contributed by atoms with van der Waals surface area (Å²) in [6.45, 7) is 6.53. The Balaban J connectivity index is 1.22. The van der Waals surface area contributed by atoms with Gasteiger partial charge in [0, 0.05) is 50.4 Å². The first-order valence-electron chi connectivity index (χ1n) is 12.4. The molecule has 3 saturated heterocycles. The third-order valence-corrected chi connectivity index (χ3v) is 7.80. The van der Waals surface area contributed by atoms with Gasteiger partial charge in [-0.25, -0.2) is 0 Å². The Morgan fingerprint density at radius 3 is 2.59 bits per heavy atom. The van der Waals surface area contributed by atoms with Gasteiger partial charge in [-0.1, -0.05) is 42.8 Å². The molecule has 0 radical (unpaired) electrons.